The maximum atomic E-state index is 12.7. The Hall–Kier alpha value is -2.14. The summed E-state index contributed by atoms with van der Waals surface area (Å²) in [7, 11) is 0. The first kappa shape index (κ1) is 53.9. The third kappa shape index (κ3) is 44.6. The van der Waals surface area contributed by atoms with Gasteiger partial charge in [0.25, 0.3) is 0 Å². The predicted octanol–water partition coefficient (Wildman–Crippen LogP) is 16.0. The highest BCUT2D eigenvalue weighted by molar-refractivity contribution is 5.70. The summed E-state index contributed by atoms with van der Waals surface area (Å²) in [5.41, 5.74) is 0. The molecule has 56 heavy (non-hydrogen) atoms. The topological polar surface area (TPSA) is 61.8 Å². The van der Waals surface area contributed by atoms with Gasteiger partial charge in [-0.2, -0.15) is 0 Å². The molecule has 1 atom stereocenters. The predicted molar refractivity (Wildman–Crippen MR) is 242 cm³/mol. The molecule has 0 radical (unpaired) electrons. The number of esters is 2. The van der Waals surface area contributed by atoms with Gasteiger partial charge in [-0.3, -0.25) is 9.59 Å². The van der Waals surface area contributed by atoms with E-state index in [1.807, 2.05) is 0 Å². The number of carbonyl (C=O) groups excluding carboxylic acids is 2. The fraction of sp³-hybridized carbons (Fsp3) is 0.804. The molecule has 0 saturated carbocycles. The number of unbranched alkanes of at least 4 members (excludes halogenated alkanes) is 25. The smallest absolute Gasteiger partial charge is 0.306 e. The minimum absolute atomic E-state index is 0.0803. The SMILES string of the molecule is CC/C=C\C/C=C\C/C=C\CCCCCCCCCCOCC(COC(=O)CCCCCCC/C=C\CCCCCC)OC(=O)CCCCCCCCCCC. The van der Waals surface area contributed by atoms with Crippen molar-refractivity contribution < 1.29 is 23.8 Å². The lowest BCUT2D eigenvalue weighted by atomic mass is 10.1. The molecule has 0 bridgehead atoms. The molecule has 5 heteroatoms. The lowest BCUT2D eigenvalue weighted by molar-refractivity contribution is -0.163. The van der Waals surface area contributed by atoms with Gasteiger partial charge in [-0.25, -0.2) is 0 Å². The van der Waals surface area contributed by atoms with Crippen molar-refractivity contribution in [1.82, 2.24) is 0 Å². The molecule has 0 spiro atoms. The van der Waals surface area contributed by atoms with Crippen LogP contribution in [-0.4, -0.2) is 37.9 Å². The molecule has 5 nitrogen and oxygen atoms in total. The van der Waals surface area contributed by atoms with Gasteiger partial charge in [0, 0.05) is 19.4 Å². The Morgan fingerprint density at radius 1 is 0.411 bits per heavy atom. The molecule has 0 aromatic heterocycles. The van der Waals surface area contributed by atoms with Gasteiger partial charge in [-0.15, -0.1) is 0 Å². The number of rotatable bonds is 44. The molecule has 0 rings (SSSR count). The summed E-state index contributed by atoms with van der Waals surface area (Å²) in [6.07, 6.45) is 56.9. The molecular weight excluding hydrogens is 693 g/mol. The average molecular weight is 785 g/mol. The second-order valence-electron chi connectivity index (χ2n) is 16.0. The van der Waals surface area contributed by atoms with E-state index in [9.17, 15) is 9.59 Å². The normalized spacial score (nSPS) is 12.6. The van der Waals surface area contributed by atoms with Gasteiger partial charge in [0.2, 0.25) is 0 Å². The Balaban J connectivity index is 4.20. The quantitative estimate of drug-likeness (QED) is 0.0350. The van der Waals surface area contributed by atoms with Crippen LogP contribution in [0.25, 0.3) is 0 Å². The van der Waals surface area contributed by atoms with Crippen LogP contribution in [0, 0.1) is 0 Å². The van der Waals surface area contributed by atoms with E-state index in [0.717, 1.165) is 70.6 Å². The van der Waals surface area contributed by atoms with Crippen LogP contribution in [-0.2, 0) is 23.8 Å². The van der Waals surface area contributed by atoms with Crippen LogP contribution in [0.15, 0.2) is 48.6 Å². The van der Waals surface area contributed by atoms with Crippen molar-refractivity contribution in [2.75, 3.05) is 19.8 Å². The van der Waals surface area contributed by atoms with Crippen LogP contribution >= 0.6 is 0 Å². The molecule has 0 aromatic rings. The van der Waals surface area contributed by atoms with E-state index < -0.39 is 6.10 Å². The van der Waals surface area contributed by atoms with Gasteiger partial charge in [0.05, 0.1) is 6.61 Å². The van der Waals surface area contributed by atoms with E-state index in [1.54, 1.807) is 0 Å². The van der Waals surface area contributed by atoms with Gasteiger partial charge in [0.1, 0.15) is 6.61 Å². The highest BCUT2D eigenvalue weighted by Gasteiger charge is 2.17. The van der Waals surface area contributed by atoms with Crippen LogP contribution < -0.4 is 0 Å². The van der Waals surface area contributed by atoms with Crippen molar-refractivity contribution in [1.29, 1.82) is 0 Å². The Morgan fingerprint density at radius 2 is 0.804 bits per heavy atom. The van der Waals surface area contributed by atoms with E-state index in [4.69, 9.17) is 14.2 Å². The fourth-order valence-electron chi connectivity index (χ4n) is 6.75. The van der Waals surface area contributed by atoms with E-state index in [-0.39, 0.29) is 25.2 Å². The Labute approximate surface area is 348 Å². The summed E-state index contributed by atoms with van der Waals surface area (Å²) in [5.74, 6) is -0.408. The molecule has 0 aliphatic heterocycles. The van der Waals surface area contributed by atoms with Crippen LogP contribution in [0.2, 0.25) is 0 Å². The first-order chi connectivity index (χ1) is 27.6. The van der Waals surface area contributed by atoms with E-state index in [2.05, 4.69) is 69.4 Å². The number of carbonyl (C=O) groups is 2. The second-order valence-corrected chi connectivity index (χ2v) is 16.0. The molecule has 1 unspecified atom stereocenters. The van der Waals surface area contributed by atoms with Crippen molar-refractivity contribution in [3.8, 4) is 0 Å². The zero-order chi connectivity index (χ0) is 40.7. The van der Waals surface area contributed by atoms with E-state index in [0.29, 0.717) is 19.4 Å². The van der Waals surface area contributed by atoms with Crippen LogP contribution in [0.5, 0.6) is 0 Å². The molecule has 0 heterocycles. The molecule has 0 saturated heterocycles. The first-order valence-electron chi connectivity index (χ1n) is 24.2. The summed E-state index contributed by atoms with van der Waals surface area (Å²) in [5, 5.41) is 0. The molecule has 0 aliphatic rings. The minimum atomic E-state index is -0.538. The number of allylic oxidation sites excluding steroid dienone is 8. The number of hydrogen-bond acceptors (Lipinski definition) is 5. The van der Waals surface area contributed by atoms with Gasteiger partial charge in [0.15, 0.2) is 6.10 Å². The van der Waals surface area contributed by atoms with Gasteiger partial charge < -0.3 is 14.2 Å². The summed E-state index contributed by atoms with van der Waals surface area (Å²) < 4.78 is 17.3. The van der Waals surface area contributed by atoms with Crippen LogP contribution in [0.3, 0.4) is 0 Å². The summed E-state index contributed by atoms with van der Waals surface area (Å²) in [6, 6.07) is 0. The lowest BCUT2D eigenvalue weighted by Crippen LogP contribution is -2.30. The van der Waals surface area contributed by atoms with Crippen molar-refractivity contribution in [3.63, 3.8) is 0 Å². The third-order valence-electron chi connectivity index (χ3n) is 10.3. The standard InChI is InChI=1S/C51H92O5/c1-4-7-10-13-16-19-21-23-24-25-26-27-29-31-34-37-40-43-46-54-47-49(56-51(53)45-42-39-36-32-18-15-12-9-6-3)48-55-50(52)44-41-38-35-33-30-28-22-20-17-14-11-8-5-2/h7,10,16,19-20,22-24,49H,4-6,8-9,11-15,17-18,21,25-48H2,1-3H3/b10-7-,19-16-,22-20-,24-23-. The van der Waals surface area contributed by atoms with E-state index >= 15 is 0 Å². The largest absolute Gasteiger partial charge is 0.462 e. The number of ether oxygens (including phenoxy) is 3. The van der Waals surface area contributed by atoms with Crippen molar-refractivity contribution in [3.05, 3.63) is 48.6 Å². The maximum Gasteiger partial charge on any atom is 0.306 e. The summed E-state index contributed by atoms with van der Waals surface area (Å²) in [6.45, 7) is 7.68. The van der Waals surface area contributed by atoms with E-state index in [1.165, 1.54) is 135 Å². The summed E-state index contributed by atoms with van der Waals surface area (Å²) >= 11 is 0. The molecule has 0 aliphatic carbocycles. The Morgan fingerprint density at radius 3 is 1.32 bits per heavy atom. The molecule has 0 fully saturated rings. The van der Waals surface area contributed by atoms with Crippen LogP contribution in [0.1, 0.15) is 239 Å². The molecule has 0 amide bonds. The highest BCUT2D eigenvalue weighted by Crippen LogP contribution is 2.14. The average Bonchev–Trinajstić information content (AvgIpc) is 3.20. The maximum absolute atomic E-state index is 12.7. The highest BCUT2D eigenvalue weighted by atomic mass is 16.6. The zero-order valence-corrected chi connectivity index (χ0v) is 37.4. The Bertz CT molecular complexity index is 935. The minimum Gasteiger partial charge on any atom is -0.462 e. The van der Waals surface area contributed by atoms with Gasteiger partial charge in [-0.05, 0) is 77.0 Å². The lowest BCUT2D eigenvalue weighted by Gasteiger charge is -2.18. The van der Waals surface area contributed by atoms with Gasteiger partial charge in [-0.1, -0.05) is 198 Å². The third-order valence-corrected chi connectivity index (χ3v) is 10.3. The Kier molecular flexibility index (Phi) is 45.4. The van der Waals surface area contributed by atoms with Crippen molar-refractivity contribution in [2.24, 2.45) is 0 Å². The number of hydrogen-bond donors (Lipinski definition) is 0. The van der Waals surface area contributed by atoms with Crippen molar-refractivity contribution in [2.45, 2.75) is 245 Å². The molecule has 0 N–H and O–H groups in total. The van der Waals surface area contributed by atoms with Crippen LogP contribution in [0.4, 0.5) is 0 Å². The molecule has 0 aromatic carbocycles. The van der Waals surface area contributed by atoms with Gasteiger partial charge >= 0.3 is 11.9 Å². The molecule has 326 valence electrons. The second kappa shape index (κ2) is 47.2. The summed E-state index contributed by atoms with van der Waals surface area (Å²) in [4.78, 5) is 25.2. The van der Waals surface area contributed by atoms with Crippen molar-refractivity contribution >= 4 is 11.9 Å². The first-order valence-corrected chi connectivity index (χ1v) is 24.2. The molecular formula is C51H92O5. The fourth-order valence-corrected chi connectivity index (χ4v) is 6.75. The monoisotopic (exact) mass is 785 g/mol. The zero-order valence-electron chi connectivity index (χ0n) is 37.4.